The van der Waals surface area contributed by atoms with E-state index < -0.39 is 17.9 Å². The Labute approximate surface area is 246 Å². The molecule has 0 bridgehead atoms. The Morgan fingerprint density at radius 2 is 1.65 bits per heavy atom. The molecule has 1 heterocycles. The summed E-state index contributed by atoms with van der Waals surface area (Å²) in [6.45, 7) is 6.17. The summed E-state index contributed by atoms with van der Waals surface area (Å²) in [5.41, 5.74) is 10.5. The monoisotopic (exact) mass is 591 g/mol. The van der Waals surface area contributed by atoms with Crippen molar-refractivity contribution in [1.29, 1.82) is 5.41 Å². The van der Waals surface area contributed by atoms with E-state index >= 15 is 0 Å². The zero-order chi connectivity index (χ0) is 27.3. The summed E-state index contributed by atoms with van der Waals surface area (Å²) in [6, 6.07) is 8.59. The largest absolute Gasteiger partial charge is 0.650 e. The number of amidine groups is 1. The van der Waals surface area contributed by atoms with Gasteiger partial charge in [-0.3, -0.25) is 15.0 Å². The van der Waals surface area contributed by atoms with Gasteiger partial charge in [0.15, 0.2) is 0 Å². The van der Waals surface area contributed by atoms with Crippen LogP contribution in [-0.4, -0.2) is 48.6 Å². The summed E-state index contributed by atoms with van der Waals surface area (Å²) in [5, 5.41) is 17.2. The number of nitrogens with one attached hydrogen (secondary N) is 3. The van der Waals surface area contributed by atoms with E-state index in [0.717, 1.165) is 24.8 Å². The topological polar surface area (TPSA) is 182 Å². The molecule has 0 saturated carbocycles. The fraction of sp³-hybridized carbons (Fsp3) is 0.577. The molecule has 1 aliphatic heterocycles. The molecule has 7 N–H and O–H groups in total. The Morgan fingerprint density at radius 1 is 1.05 bits per heavy atom. The molecular weight excluding hydrogens is 549 g/mol. The number of nitrogens with zero attached hydrogens (tertiary/aromatic N) is 1. The molecule has 1 aromatic carbocycles. The van der Waals surface area contributed by atoms with Crippen LogP contribution in [0.3, 0.4) is 0 Å². The van der Waals surface area contributed by atoms with Gasteiger partial charge in [0.05, 0.1) is 17.8 Å². The molecule has 205 valence electrons. The van der Waals surface area contributed by atoms with Crippen LogP contribution in [0.1, 0.15) is 71.3 Å². The number of carbonyl (C=O) groups excluding carboxylic acids is 4. The molecule has 37 heavy (non-hydrogen) atoms. The third-order valence-corrected chi connectivity index (χ3v) is 5.42. The van der Waals surface area contributed by atoms with Crippen LogP contribution in [-0.2, 0) is 58.3 Å². The number of hydrogen-bond donors (Lipinski definition) is 5. The average Bonchev–Trinajstić information content (AvgIpc) is 2.86. The van der Waals surface area contributed by atoms with Crippen molar-refractivity contribution in [3.8, 4) is 0 Å². The maximum absolute atomic E-state index is 12.9. The predicted octanol–water partition coefficient (Wildman–Crippen LogP) is 2.45. The van der Waals surface area contributed by atoms with Gasteiger partial charge in [-0.15, -0.1) is 6.54 Å². The van der Waals surface area contributed by atoms with E-state index in [2.05, 4.69) is 21.7 Å². The number of primary amides is 1. The SMILES string of the molecule is CC.CCCCC1C(=O)NC(Cc2ccccc2)C[N-]C(=O)C(CCCCC(=N)N)NC1=O.N[C-]=O.[Y]. The molecule has 2 rings (SSSR count). The van der Waals surface area contributed by atoms with Gasteiger partial charge in [-0.1, -0.05) is 70.4 Å². The molecule has 11 heteroatoms. The van der Waals surface area contributed by atoms with Crippen molar-refractivity contribution in [2.75, 3.05) is 6.54 Å². The van der Waals surface area contributed by atoms with Crippen molar-refractivity contribution in [3.63, 3.8) is 0 Å². The number of hydrogen-bond acceptors (Lipinski definition) is 5. The van der Waals surface area contributed by atoms with Crippen molar-refractivity contribution in [2.45, 2.75) is 84.2 Å². The van der Waals surface area contributed by atoms with Gasteiger partial charge in [0.25, 0.3) is 0 Å². The molecule has 1 aliphatic rings. The number of unbranched alkanes of at least 4 members (excludes halogenated alkanes) is 2. The third-order valence-electron chi connectivity index (χ3n) is 5.42. The third kappa shape index (κ3) is 16.2. The van der Waals surface area contributed by atoms with Gasteiger partial charge in [0.2, 0.25) is 11.8 Å². The first kappa shape index (κ1) is 36.8. The van der Waals surface area contributed by atoms with Crippen molar-refractivity contribution < 1.29 is 51.9 Å². The van der Waals surface area contributed by atoms with E-state index in [4.69, 9.17) is 15.9 Å². The van der Waals surface area contributed by atoms with E-state index in [1.54, 1.807) is 0 Å². The van der Waals surface area contributed by atoms with Crippen molar-refractivity contribution in [2.24, 2.45) is 17.4 Å². The normalized spacial score (nSPS) is 19.1. The van der Waals surface area contributed by atoms with Crippen LogP contribution in [0, 0.1) is 11.3 Å². The molecule has 0 aliphatic carbocycles. The number of benzene rings is 1. The van der Waals surface area contributed by atoms with Gasteiger partial charge in [0.1, 0.15) is 5.92 Å². The summed E-state index contributed by atoms with van der Waals surface area (Å²) in [5.74, 6) is -1.84. The van der Waals surface area contributed by atoms with E-state index in [1.807, 2.05) is 51.1 Å². The predicted molar refractivity (Wildman–Crippen MR) is 142 cm³/mol. The van der Waals surface area contributed by atoms with E-state index in [9.17, 15) is 14.4 Å². The number of amides is 4. The Hall–Kier alpha value is -2.33. The van der Waals surface area contributed by atoms with Crippen LogP contribution >= 0.6 is 0 Å². The standard InChI is InChI=1S/C23H35N5O3.C2H6.CH2NO.Y/c1-2-3-11-18-21(29)27-17(14-16-9-5-4-6-10-16)15-26-23(31)19(28-22(18)30)12-7-8-13-20(24)25;1-2;2-1-3;/h4-6,9-10,17-19H,2-3,7-8,11-15H2,1H3,(H6,24,25,26,27,28,29,30,31);1-2H3;(H2,2,3);/q;;-1;/p-1. The van der Waals surface area contributed by atoms with Crippen LogP contribution < -0.4 is 22.1 Å². The molecule has 3 atom stereocenters. The summed E-state index contributed by atoms with van der Waals surface area (Å²) in [4.78, 5) is 47.0. The van der Waals surface area contributed by atoms with Gasteiger partial charge in [-0.05, 0) is 31.2 Å². The molecule has 1 fully saturated rings. The second-order valence-corrected chi connectivity index (χ2v) is 8.22. The first-order chi connectivity index (χ1) is 17.3. The Bertz CT molecular complexity index is 810. The fourth-order valence-electron chi connectivity index (χ4n) is 3.66. The van der Waals surface area contributed by atoms with Crippen LogP contribution in [0.25, 0.3) is 5.32 Å². The van der Waals surface area contributed by atoms with Crippen LogP contribution in [0.4, 0.5) is 0 Å². The number of carbonyl (C=O) groups is 3. The summed E-state index contributed by atoms with van der Waals surface area (Å²) < 4.78 is 0. The zero-order valence-corrected chi connectivity index (χ0v) is 25.1. The first-order valence-corrected chi connectivity index (χ1v) is 12.6. The second kappa shape index (κ2) is 22.8. The summed E-state index contributed by atoms with van der Waals surface area (Å²) in [6.07, 6.45) is 5.74. The van der Waals surface area contributed by atoms with E-state index in [-0.39, 0.29) is 62.9 Å². The smallest absolute Gasteiger partial charge is 0.233 e. The molecule has 1 radical (unpaired) electrons. The van der Waals surface area contributed by atoms with Crippen molar-refractivity contribution in [3.05, 3.63) is 41.2 Å². The van der Waals surface area contributed by atoms with Gasteiger partial charge < -0.3 is 37.0 Å². The Kier molecular flexibility index (Phi) is 22.7. The van der Waals surface area contributed by atoms with Crippen molar-refractivity contribution in [1.82, 2.24) is 10.6 Å². The van der Waals surface area contributed by atoms with Crippen LogP contribution in [0.5, 0.6) is 0 Å². The zero-order valence-electron chi connectivity index (χ0n) is 22.3. The maximum Gasteiger partial charge on any atom is 0.233 e. The van der Waals surface area contributed by atoms with Gasteiger partial charge in [0, 0.05) is 45.2 Å². The second-order valence-electron chi connectivity index (χ2n) is 8.22. The number of rotatable bonds is 10. The molecule has 10 nitrogen and oxygen atoms in total. The van der Waals surface area contributed by atoms with E-state index in [0.29, 0.717) is 38.5 Å². The average molecular weight is 592 g/mol. The van der Waals surface area contributed by atoms with Gasteiger partial charge >= 0.3 is 0 Å². The maximum atomic E-state index is 12.9. The minimum absolute atomic E-state index is 0. The molecule has 0 spiro atoms. The minimum Gasteiger partial charge on any atom is -0.650 e. The van der Waals surface area contributed by atoms with Crippen LogP contribution in [0.15, 0.2) is 30.3 Å². The Balaban J connectivity index is 0. The molecule has 1 saturated heterocycles. The molecule has 1 aromatic rings. The molecule has 4 amide bonds. The molecular formula is C26H42N6O4Y-2. The summed E-state index contributed by atoms with van der Waals surface area (Å²) in [7, 11) is 0. The number of nitrogens with two attached hydrogens (primary N) is 2. The molecule has 3 unspecified atom stereocenters. The summed E-state index contributed by atoms with van der Waals surface area (Å²) >= 11 is 0. The molecule has 0 aromatic heterocycles. The van der Waals surface area contributed by atoms with E-state index in [1.165, 1.54) is 0 Å². The Morgan fingerprint density at radius 3 is 2.22 bits per heavy atom. The van der Waals surface area contributed by atoms with Crippen molar-refractivity contribution >= 4 is 30.0 Å². The minimum atomic E-state index is -0.830. The quantitative estimate of drug-likeness (QED) is 0.0698. The van der Waals surface area contributed by atoms with Crippen LogP contribution in [0.2, 0.25) is 0 Å². The van der Waals surface area contributed by atoms with Gasteiger partial charge in [-0.2, -0.15) is 6.41 Å². The fourth-order valence-corrected chi connectivity index (χ4v) is 3.66. The van der Waals surface area contributed by atoms with Gasteiger partial charge in [-0.25, -0.2) is 0 Å². The first-order valence-electron chi connectivity index (χ1n) is 12.6.